The smallest absolute Gasteiger partial charge is 0.165 e. The molecule has 1 aliphatic rings. The summed E-state index contributed by atoms with van der Waals surface area (Å²) in [4.78, 5) is 0. The van der Waals surface area contributed by atoms with Gasteiger partial charge in [-0.2, -0.15) is 5.10 Å². The molecule has 5 heteroatoms. The maximum absolute atomic E-state index is 6.06. The molecular weight excluding hydrogens is 262 g/mol. The molecule has 1 aliphatic carbocycles. The van der Waals surface area contributed by atoms with Crippen molar-refractivity contribution >= 4 is 11.6 Å². The number of hydrogen-bond donors (Lipinski definition) is 1. The van der Waals surface area contributed by atoms with E-state index >= 15 is 0 Å². The first kappa shape index (κ1) is 12.5. The molecule has 19 heavy (non-hydrogen) atoms. The highest BCUT2D eigenvalue weighted by Crippen LogP contribution is 2.28. The Hall–Kier alpha value is -1.52. The number of nitrogens with one attached hydrogen (secondary N) is 1. The molecular formula is C14H16ClN3O. The van der Waals surface area contributed by atoms with E-state index in [4.69, 9.17) is 16.3 Å². The molecule has 1 heterocycles. The Balaban J connectivity index is 1.77. The molecule has 1 saturated carbocycles. The Morgan fingerprint density at radius 2 is 2.32 bits per heavy atom. The fraction of sp³-hybridized carbons (Fsp3) is 0.357. The lowest BCUT2D eigenvalue weighted by Gasteiger charge is -2.11. The first-order valence-electron chi connectivity index (χ1n) is 6.39. The van der Waals surface area contributed by atoms with Crippen molar-refractivity contribution in [1.82, 2.24) is 15.1 Å². The highest BCUT2D eigenvalue weighted by Gasteiger charge is 2.20. The predicted molar refractivity (Wildman–Crippen MR) is 74.6 cm³/mol. The second-order valence-electron chi connectivity index (χ2n) is 4.86. The van der Waals surface area contributed by atoms with Gasteiger partial charge in [0.05, 0.1) is 12.4 Å². The highest BCUT2D eigenvalue weighted by atomic mass is 35.5. The minimum absolute atomic E-state index is 0.658. The lowest BCUT2D eigenvalue weighted by Crippen LogP contribution is -2.15. The Labute approximate surface area is 117 Å². The Morgan fingerprint density at radius 1 is 1.47 bits per heavy atom. The van der Waals surface area contributed by atoms with Crippen molar-refractivity contribution in [1.29, 1.82) is 0 Å². The van der Waals surface area contributed by atoms with Gasteiger partial charge in [-0.05, 0) is 31.0 Å². The number of nitrogens with zero attached hydrogens (tertiary/aromatic N) is 2. The molecule has 0 saturated heterocycles. The van der Waals surface area contributed by atoms with Crippen molar-refractivity contribution < 1.29 is 4.74 Å². The number of rotatable bonds is 5. The van der Waals surface area contributed by atoms with Gasteiger partial charge in [-0.1, -0.05) is 11.6 Å². The van der Waals surface area contributed by atoms with Crippen LogP contribution in [0.15, 0.2) is 30.6 Å². The summed E-state index contributed by atoms with van der Waals surface area (Å²) < 4.78 is 7.57. The summed E-state index contributed by atoms with van der Waals surface area (Å²) in [5.41, 5.74) is 1.07. The average molecular weight is 278 g/mol. The van der Waals surface area contributed by atoms with Gasteiger partial charge in [0.15, 0.2) is 5.75 Å². The third-order valence-electron chi connectivity index (χ3n) is 3.09. The zero-order chi connectivity index (χ0) is 13.2. The average Bonchev–Trinajstić information content (AvgIpc) is 3.13. The van der Waals surface area contributed by atoms with Gasteiger partial charge in [0, 0.05) is 30.2 Å². The molecule has 0 aliphatic heterocycles. The largest absolute Gasteiger partial charge is 0.454 e. The van der Waals surface area contributed by atoms with Gasteiger partial charge in [-0.15, -0.1) is 0 Å². The van der Waals surface area contributed by atoms with Crippen molar-refractivity contribution in [2.45, 2.75) is 25.4 Å². The van der Waals surface area contributed by atoms with Crippen molar-refractivity contribution in [3.63, 3.8) is 0 Å². The van der Waals surface area contributed by atoms with Crippen LogP contribution in [0.1, 0.15) is 18.4 Å². The molecule has 4 nitrogen and oxygen atoms in total. The molecule has 0 unspecified atom stereocenters. The lowest BCUT2D eigenvalue weighted by atomic mass is 10.2. The van der Waals surface area contributed by atoms with Crippen molar-refractivity contribution in [2.24, 2.45) is 7.05 Å². The van der Waals surface area contributed by atoms with Gasteiger partial charge in [0.25, 0.3) is 0 Å². The quantitative estimate of drug-likeness (QED) is 0.913. The maximum atomic E-state index is 6.06. The molecule has 1 fully saturated rings. The van der Waals surface area contributed by atoms with E-state index < -0.39 is 0 Å². The molecule has 1 N–H and O–H groups in total. The highest BCUT2D eigenvalue weighted by molar-refractivity contribution is 6.30. The zero-order valence-corrected chi connectivity index (χ0v) is 11.5. The van der Waals surface area contributed by atoms with Gasteiger partial charge in [-0.25, -0.2) is 0 Å². The summed E-state index contributed by atoms with van der Waals surface area (Å²) in [5, 5.41) is 8.29. The van der Waals surface area contributed by atoms with Crippen LogP contribution < -0.4 is 10.1 Å². The first-order chi connectivity index (χ1) is 9.20. The molecule has 2 aromatic rings. The third kappa shape index (κ3) is 3.28. The monoisotopic (exact) mass is 277 g/mol. The van der Waals surface area contributed by atoms with Gasteiger partial charge in [-0.3, -0.25) is 4.68 Å². The van der Waals surface area contributed by atoms with Crippen LogP contribution in [-0.2, 0) is 13.6 Å². The van der Waals surface area contributed by atoms with Crippen LogP contribution in [0.25, 0.3) is 0 Å². The van der Waals surface area contributed by atoms with Crippen LogP contribution in [0.5, 0.6) is 11.5 Å². The molecule has 0 amide bonds. The van der Waals surface area contributed by atoms with Crippen LogP contribution in [-0.4, -0.2) is 15.8 Å². The SMILES string of the molecule is Cn1cc(Oc2ccc(Cl)cc2CNC2CC2)cn1. The molecule has 100 valence electrons. The van der Waals surface area contributed by atoms with Crippen molar-refractivity contribution in [2.75, 3.05) is 0 Å². The number of aromatic nitrogens is 2. The van der Waals surface area contributed by atoms with Crippen molar-refractivity contribution in [3.8, 4) is 11.5 Å². The van der Waals surface area contributed by atoms with E-state index in [1.165, 1.54) is 12.8 Å². The molecule has 0 spiro atoms. The van der Waals surface area contributed by atoms with Gasteiger partial charge in [0.2, 0.25) is 0 Å². The van der Waals surface area contributed by atoms with E-state index in [-0.39, 0.29) is 0 Å². The summed E-state index contributed by atoms with van der Waals surface area (Å²) in [6.07, 6.45) is 6.07. The van der Waals surface area contributed by atoms with E-state index in [1.807, 2.05) is 31.4 Å². The predicted octanol–water partition coefficient (Wildman–Crippen LogP) is 3.12. The number of benzene rings is 1. The van der Waals surface area contributed by atoms with E-state index in [2.05, 4.69) is 10.4 Å². The Bertz CT molecular complexity index is 578. The molecule has 3 rings (SSSR count). The van der Waals surface area contributed by atoms with E-state index in [0.717, 1.165) is 28.6 Å². The van der Waals surface area contributed by atoms with E-state index in [1.54, 1.807) is 10.9 Å². The van der Waals surface area contributed by atoms with Crippen LogP contribution in [0.4, 0.5) is 0 Å². The minimum atomic E-state index is 0.658. The molecule has 0 radical (unpaired) electrons. The Morgan fingerprint density at radius 3 is 3.00 bits per heavy atom. The summed E-state index contributed by atoms with van der Waals surface area (Å²) >= 11 is 6.06. The number of ether oxygens (including phenoxy) is 1. The minimum Gasteiger partial charge on any atom is -0.454 e. The number of aryl methyl sites for hydroxylation is 1. The van der Waals surface area contributed by atoms with E-state index in [9.17, 15) is 0 Å². The van der Waals surface area contributed by atoms with Gasteiger partial charge >= 0.3 is 0 Å². The maximum Gasteiger partial charge on any atom is 0.165 e. The second-order valence-corrected chi connectivity index (χ2v) is 5.30. The lowest BCUT2D eigenvalue weighted by molar-refractivity contribution is 0.472. The van der Waals surface area contributed by atoms with Crippen LogP contribution in [0.2, 0.25) is 5.02 Å². The third-order valence-corrected chi connectivity index (χ3v) is 3.33. The van der Waals surface area contributed by atoms with Crippen LogP contribution in [0, 0.1) is 0 Å². The summed E-state index contributed by atoms with van der Waals surface area (Å²) in [7, 11) is 1.87. The fourth-order valence-corrected chi connectivity index (χ4v) is 2.10. The van der Waals surface area contributed by atoms with Gasteiger partial charge in [0.1, 0.15) is 5.75 Å². The van der Waals surface area contributed by atoms with Gasteiger partial charge < -0.3 is 10.1 Å². The number of hydrogen-bond acceptors (Lipinski definition) is 3. The topological polar surface area (TPSA) is 39.1 Å². The normalized spacial score (nSPS) is 14.6. The summed E-state index contributed by atoms with van der Waals surface area (Å²) in [6.45, 7) is 0.779. The molecule has 0 atom stereocenters. The Kier molecular flexibility index (Phi) is 3.44. The fourth-order valence-electron chi connectivity index (χ4n) is 1.91. The standard InChI is InChI=1S/C14H16ClN3O/c1-18-9-13(8-17-18)19-14-5-2-11(15)6-10(14)7-16-12-3-4-12/h2,5-6,8-9,12,16H,3-4,7H2,1H3. The molecule has 1 aromatic carbocycles. The second kappa shape index (κ2) is 5.23. The molecule has 0 bridgehead atoms. The van der Waals surface area contributed by atoms with E-state index in [0.29, 0.717) is 6.04 Å². The zero-order valence-electron chi connectivity index (χ0n) is 10.8. The molecule has 1 aromatic heterocycles. The summed E-state index contributed by atoms with van der Waals surface area (Å²) in [6, 6.07) is 6.35. The summed E-state index contributed by atoms with van der Waals surface area (Å²) in [5.74, 6) is 1.56. The van der Waals surface area contributed by atoms with Crippen LogP contribution >= 0.6 is 11.6 Å². The van der Waals surface area contributed by atoms with Crippen molar-refractivity contribution in [3.05, 3.63) is 41.2 Å². The first-order valence-corrected chi connectivity index (χ1v) is 6.77. The van der Waals surface area contributed by atoms with Crippen LogP contribution in [0.3, 0.4) is 0 Å². The number of halogens is 1.